The molecule has 1 rings (SSSR count). The maximum atomic E-state index is 12.5. The lowest BCUT2D eigenvalue weighted by molar-refractivity contribution is -0.143. The summed E-state index contributed by atoms with van der Waals surface area (Å²) in [6.45, 7) is 1.34. The monoisotopic (exact) mass is 269 g/mol. The number of rotatable bonds is 1. The predicted molar refractivity (Wildman–Crippen MR) is 54.6 cm³/mol. The van der Waals surface area contributed by atoms with Crippen LogP contribution in [0.2, 0.25) is 0 Å². The first-order valence-corrected chi connectivity index (χ1v) is 4.79. The van der Waals surface area contributed by atoms with Crippen molar-refractivity contribution >= 4 is 5.71 Å². The molecule has 0 amide bonds. The van der Waals surface area contributed by atoms with Gasteiger partial charge in [-0.05, 0) is 30.7 Å². The van der Waals surface area contributed by atoms with E-state index in [-0.39, 0.29) is 17.3 Å². The molecule has 1 aromatic carbocycles. The first-order chi connectivity index (χ1) is 8.05. The molecule has 0 fully saturated rings. The third-order valence-corrected chi connectivity index (χ3v) is 2.34. The van der Waals surface area contributed by atoms with E-state index in [9.17, 15) is 26.3 Å². The molecule has 0 aliphatic rings. The third kappa shape index (κ3) is 3.24. The Labute approximate surface area is 99.1 Å². The zero-order valence-corrected chi connectivity index (χ0v) is 9.45. The summed E-state index contributed by atoms with van der Waals surface area (Å²) in [6.07, 6.45) is -9.66. The smallest absolute Gasteiger partial charge is 0.293 e. The molecule has 1 aromatic rings. The van der Waals surface area contributed by atoms with Gasteiger partial charge in [-0.25, -0.2) is 0 Å². The van der Waals surface area contributed by atoms with Crippen molar-refractivity contribution in [3.8, 4) is 0 Å². The van der Waals surface area contributed by atoms with E-state index in [1.54, 1.807) is 0 Å². The summed E-state index contributed by atoms with van der Waals surface area (Å²) >= 11 is 0. The van der Waals surface area contributed by atoms with E-state index in [4.69, 9.17) is 0 Å². The molecule has 18 heavy (non-hydrogen) atoms. The summed E-state index contributed by atoms with van der Waals surface area (Å²) in [4.78, 5) is 3.59. The lowest BCUT2D eigenvalue weighted by Crippen LogP contribution is -2.13. The van der Waals surface area contributed by atoms with Crippen molar-refractivity contribution in [2.45, 2.75) is 19.3 Å². The van der Waals surface area contributed by atoms with E-state index in [0.29, 0.717) is 12.1 Å². The molecule has 0 atom stereocenters. The summed E-state index contributed by atoms with van der Waals surface area (Å²) in [5.74, 6) is 0. The standard InChI is InChI=1S/C11H9F6N/c1-6(18-2)7-3-8(10(12,13)14)5-9(4-7)11(15,16)17/h3-5H,1-2H3. The molecular formula is C11H9F6N. The fraction of sp³-hybridized carbons (Fsp3) is 0.364. The molecule has 0 N–H and O–H groups in total. The van der Waals surface area contributed by atoms with Crippen molar-refractivity contribution in [1.29, 1.82) is 0 Å². The Bertz CT molecular complexity index is 437. The molecule has 0 aromatic heterocycles. The molecule has 0 saturated carbocycles. The van der Waals surface area contributed by atoms with Crippen LogP contribution in [0.4, 0.5) is 26.3 Å². The van der Waals surface area contributed by atoms with Gasteiger partial charge in [0.2, 0.25) is 0 Å². The van der Waals surface area contributed by atoms with Gasteiger partial charge in [0.25, 0.3) is 0 Å². The highest BCUT2D eigenvalue weighted by atomic mass is 19.4. The van der Waals surface area contributed by atoms with Gasteiger partial charge in [0.1, 0.15) is 0 Å². The van der Waals surface area contributed by atoms with Gasteiger partial charge in [0.15, 0.2) is 0 Å². The zero-order valence-electron chi connectivity index (χ0n) is 9.45. The highest BCUT2D eigenvalue weighted by Crippen LogP contribution is 2.36. The van der Waals surface area contributed by atoms with Gasteiger partial charge in [-0.1, -0.05) is 0 Å². The molecule has 7 heteroatoms. The van der Waals surface area contributed by atoms with Crippen LogP contribution < -0.4 is 0 Å². The van der Waals surface area contributed by atoms with Crippen LogP contribution in [0.15, 0.2) is 23.2 Å². The molecule has 0 bridgehead atoms. The Hall–Kier alpha value is -1.53. The minimum Gasteiger partial charge on any atom is -0.293 e. The largest absolute Gasteiger partial charge is 0.416 e. The summed E-state index contributed by atoms with van der Waals surface area (Å²) in [7, 11) is 1.29. The van der Waals surface area contributed by atoms with Gasteiger partial charge in [-0.2, -0.15) is 26.3 Å². The number of aliphatic imine (C=N–C) groups is 1. The quantitative estimate of drug-likeness (QED) is 0.536. The zero-order chi connectivity index (χ0) is 14.1. The molecule has 0 heterocycles. The molecular weight excluding hydrogens is 260 g/mol. The van der Waals surface area contributed by atoms with E-state index in [0.717, 1.165) is 0 Å². The number of hydrogen-bond donors (Lipinski definition) is 0. The number of nitrogens with zero attached hydrogens (tertiary/aromatic N) is 1. The first kappa shape index (κ1) is 14.5. The van der Waals surface area contributed by atoms with Crippen molar-refractivity contribution in [2.75, 3.05) is 7.05 Å². The van der Waals surface area contributed by atoms with Crippen LogP contribution in [-0.4, -0.2) is 12.8 Å². The number of alkyl halides is 6. The van der Waals surface area contributed by atoms with E-state index in [2.05, 4.69) is 4.99 Å². The van der Waals surface area contributed by atoms with Crippen LogP contribution in [0.3, 0.4) is 0 Å². The van der Waals surface area contributed by atoms with Gasteiger partial charge in [0, 0.05) is 12.8 Å². The molecule has 0 spiro atoms. The summed E-state index contributed by atoms with van der Waals surface area (Å²) < 4.78 is 75.0. The molecule has 100 valence electrons. The Morgan fingerprint density at radius 2 is 1.28 bits per heavy atom. The van der Waals surface area contributed by atoms with E-state index in [1.165, 1.54) is 14.0 Å². The van der Waals surface area contributed by atoms with Gasteiger partial charge < -0.3 is 0 Å². The van der Waals surface area contributed by atoms with Crippen LogP contribution >= 0.6 is 0 Å². The average molecular weight is 269 g/mol. The molecule has 1 nitrogen and oxygen atoms in total. The SMILES string of the molecule is CN=C(C)c1cc(C(F)(F)F)cc(C(F)(F)F)c1. The number of benzene rings is 1. The first-order valence-electron chi connectivity index (χ1n) is 4.79. The van der Waals surface area contributed by atoms with Crippen LogP contribution in [-0.2, 0) is 12.4 Å². The van der Waals surface area contributed by atoms with E-state index in [1.807, 2.05) is 0 Å². The van der Waals surface area contributed by atoms with Crippen LogP contribution in [0.25, 0.3) is 0 Å². The molecule has 0 unspecified atom stereocenters. The Morgan fingerprint density at radius 3 is 1.56 bits per heavy atom. The fourth-order valence-electron chi connectivity index (χ4n) is 1.29. The van der Waals surface area contributed by atoms with Gasteiger partial charge in [-0.3, -0.25) is 4.99 Å². The minimum atomic E-state index is -4.83. The van der Waals surface area contributed by atoms with Gasteiger partial charge in [0.05, 0.1) is 11.1 Å². The van der Waals surface area contributed by atoms with Gasteiger partial charge in [-0.15, -0.1) is 0 Å². The molecule has 0 aliphatic carbocycles. The average Bonchev–Trinajstić information content (AvgIpc) is 2.25. The summed E-state index contributed by atoms with van der Waals surface area (Å²) in [5, 5.41) is 0. The molecule has 0 aliphatic heterocycles. The van der Waals surface area contributed by atoms with Gasteiger partial charge >= 0.3 is 12.4 Å². The van der Waals surface area contributed by atoms with Crippen molar-refractivity contribution < 1.29 is 26.3 Å². The Morgan fingerprint density at radius 1 is 0.889 bits per heavy atom. The van der Waals surface area contributed by atoms with E-state index < -0.39 is 23.5 Å². The van der Waals surface area contributed by atoms with E-state index >= 15 is 0 Å². The lowest BCUT2D eigenvalue weighted by atomic mass is 10.0. The summed E-state index contributed by atoms with van der Waals surface area (Å²) in [6, 6.07) is 1.39. The maximum Gasteiger partial charge on any atom is 0.416 e. The van der Waals surface area contributed by atoms with Crippen molar-refractivity contribution in [3.63, 3.8) is 0 Å². The third-order valence-electron chi connectivity index (χ3n) is 2.34. The topological polar surface area (TPSA) is 12.4 Å². The molecule has 0 radical (unpaired) electrons. The second-order valence-electron chi connectivity index (χ2n) is 3.60. The highest BCUT2D eigenvalue weighted by Gasteiger charge is 2.36. The van der Waals surface area contributed by atoms with Crippen molar-refractivity contribution in [3.05, 3.63) is 34.9 Å². The minimum absolute atomic E-state index is 0.0897. The maximum absolute atomic E-state index is 12.5. The van der Waals surface area contributed by atoms with Crippen LogP contribution in [0.1, 0.15) is 23.6 Å². The molecule has 0 saturated heterocycles. The lowest BCUT2D eigenvalue weighted by Gasteiger charge is -2.14. The van der Waals surface area contributed by atoms with Crippen molar-refractivity contribution in [1.82, 2.24) is 0 Å². The fourth-order valence-corrected chi connectivity index (χ4v) is 1.29. The van der Waals surface area contributed by atoms with Crippen LogP contribution in [0.5, 0.6) is 0 Å². The Balaban J connectivity index is 3.49. The Kier molecular flexibility index (Phi) is 3.73. The number of halogens is 6. The predicted octanol–water partition coefficient (Wildman–Crippen LogP) is 4.16. The second kappa shape index (κ2) is 4.62. The van der Waals surface area contributed by atoms with Crippen molar-refractivity contribution in [2.24, 2.45) is 4.99 Å². The second-order valence-corrected chi connectivity index (χ2v) is 3.60. The number of hydrogen-bond acceptors (Lipinski definition) is 1. The highest BCUT2D eigenvalue weighted by molar-refractivity contribution is 5.99. The van der Waals surface area contributed by atoms with Crippen LogP contribution in [0, 0.1) is 0 Å². The normalized spacial score (nSPS) is 13.9. The summed E-state index contributed by atoms with van der Waals surface area (Å²) in [5.41, 5.74) is -2.77.